The minimum absolute atomic E-state index is 0.252. The fraction of sp³-hybridized carbons (Fsp3) is 0.462. The largest absolute Gasteiger partial charge is 0.478 e. The Balaban J connectivity index is 0. The number of rotatable bonds is 1. The first kappa shape index (κ1) is 17.9. The number of hydrogen-bond donors (Lipinski definition) is 1. The molecule has 0 heterocycles. The van der Waals surface area contributed by atoms with Crippen LogP contribution in [0.2, 0.25) is 0 Å². The summed E-state index contributed by atoms with van der Waals surface area (Å²) < 4.78 is 25.8. The average molecular weight is 246 g/mol. The first-order valence-electron chi connectivity index (χ1n) is 5.68. The summed E-state index contributed by atoms with van der Waals surface area (Å²) >= 11 is 0. The molecule has 2 nitrogen and oxygen atoms in total. The highest BCUT2D eigenvalue weighted by molar-refractivity contribution is 5.91. The molecule has 1 N–H and O–H groups in total. The van der Waals surface area contributed by atoms with E-state index in [9.17, 15) is 13.6 Å². The van der Waals surface area contributed by atoms with Crippen LogP contribution in [0.1, 0.15) is 41.0 Å². The van der Waals surface area contributed by atoms with Gasteiger partial charge in [-0.3, -0.25) is 0 Å². The molecule has 0 fully saturated rings. The summed E-state index contributed by atoms with van der Waals surface area (Å²) in [6, 6.07) is 0. The zero-order valence-electron chi connectivity index (χ0n) is 11.0. The van der Waals surface area contributed by atoms with Gasteiger partial charge in [0, 0.05) is 0 Å². The number of allylic oxidation sites excluding steroid dienone is 4. The third-order valence-electron chi connectivity index (χ3n) is 1.68. The molecule has 1 aliphatic carbocycles. The van der Waals surface area contributed by atoms with Crippen molar-refractivity contribution in [1.29, 1.82) is 0 Å². The van der Waals surface area contributed by atoms with Crippen LogP contribution in [0.5, 0.6) is 0 Å². The van der Waals surface area contributed by atoms with E-state index in [4.69, 9.17) is 5.11 Å². The Bertz CT molecular complexity index is 339. The van der Waals surface area contributed by atoms with Gasteiger partial charge in [-0.15, -0.1) is 0 Å². The molecular formula is C13H20F2O2. The summed E-state index contributed by atoms with van der Waals surface area (Å²) in [6.07, 6.45) is 2.42. The second-order valence-electron chi connectivity index (χ2n) is 2.78. The highest BCUT2D eigenvalue weighted by Gasteiger charge is 2.19. The number of aliphatic carboxylic acids is 1. The lowest BCUT2D eigenvalue weighted by molar-refractivity contribution is -0.132. The third-order valence-corrected chi connectivity index (χ3v) is 1.68. The van der Waals surface area contributed by atoms with Gasteiger partial charge < -0.3 is 5.11 Å². The van der Waals surface area contributed by atoms with Crippen LogP contribution < -0.4 is 0 Å². The van der Waals surface area contributed by atoms with Gasteiger partial charge in [-0.25, -0.2) is 13.6 Å². The minimum atomic E-state index is -1.45. The van der Waals surface area contributed by atoms with Crippen LogP contribution in [-0.4, -0.2) is 11.1 Å². The number of carboxylic acids is 1. The smallest absolute Gasteiger partial charge is 0.338 e. The predicted molar refractivity (Wildman–Crippen MR) is 66.0 cm³/mol. The van der Waals surface area contributed by atoms with Crippen molar-refractivity contribution in [1.82, 2.24) is 0 Å². The van der Waals surface area contributed by atoms with E-state index >= 15 is 0 Å². The van der Waals surface area contributed by atoms with E-state index in [0.717, 1.165) is 12.2 Å². The summed E-state index contributed by atoms with van der Waals surface area (Å²) in [5, 5.41) is 8.51. The van der Waals surface area contributed by atoms with Crippen LogP contribution in [0.15, 0.2) is 35.0 Å². The molecule has 0 saturated heterocycles. The molecular weight excluding hydrogens is 226 g/mol. The second kappa shape index (κ2) is 9.75. The monoisotopic (exact) mass is 246 g/mol. The van der Waals surface area contributed by atoms with Crippen molar-refractivity contribution in [3.63, 3.8) is 0 Å². The highest BCUT2D eigenvalue weighted by Crippen LogP contribution is 2.25. The molecule has 0 aliphatic heterocycles. The Kier molecular flexibility index (Phi) is 10.3. The number of carboxylic acid groups (broad SMARTS) is 1. The molecule has 0 atom stereocenters. The van der Waals surface area contributed by atoms with Crippen molar-refractivity contribution in [2.75, 3.05) is 0 Å². The molecule has 0 spiro atoms. The molecule has 0 aromatic carbocycles. The van der Waals surface area contributed by atoms with Crippen LogP contribution in [0, 0.1) is 0 Å². The SMILES string of the molecule is CC.CC.CC1=CC(F)=C(F)C(C(=O)O)=CC1. The fourth-order valence-corrected chi connectivity index (χ4v) is 1.00. The molecule has 4 heteroatoms. The predicted octanol–water partition coefficient (Wildman–Crippen LogP) is 4.55. The van der Waals surface area contributed by atoms with Gasteiger partial charge in [0.1, 0.15) is 0 Å². The van der Waals surface area contributed by atoms with Crippen LogP contribution in [0.4, 0.5) is 8.78 Å². The van der Waals surface area contributed by atoms with Crippen LogP contribution in [0.3, 0.4) is 0 Å². The van der Waals surface area contributed by atoms with E-state index < -0.39 is 23.2 Å². The first-order chi connectivity index (χ1) is 8.02. The summed E-state index contributed by atoms with van der Waals surface area (Å²) in [7, 11) is 0. The van der Waals surface area contributed by atoms with E-state index in [1.54, 1.807) is 6.92 Å². The Morgan fingerprint density at radius 1 is 1.24 bits per heavy atom. The number of halogens is 2. The van der Waals surface area contributed by atoms with Crippen LogP contribution in [-0.2, 0) is 4.79 Å². The molecule has 0 saturated carbocycles. The molecule has 0 aromatic heterocycles. The maximum Gasteiger partial charge on any atom is 0.338 e. The van der Waals surface area contributed by atoms with Crippen molar-refractivity contribution in [3.05, 3.63) is 35.0 Å². The van der Waals surface area contributed by atoms with Gasteiger partial charge in [0.2, 0.25) is 0 Å². The lowest BCUT2D eigenvalue weighted by Gasteiger charge is -1.96. The van der Waals surface area contributed by atoms with Crippen molar-refractivity contribution in [2.45, 2.75) is 41.0 Å². The molecule has 0 amide bonds. The summed E-state index contributed by atoms with van der Waals surface area (Å²) in [5.74, 6) is -3.87. The van der Waals surface area contributed by atoms with Crippen molar-refractivity contribution in [2.24, 2.45) is 0 Å². The Hall–Kier alpha value is -1.45. The topological polar surface area (TPSA) is 37.3 Å². The van der Waals surface area contributed by atoms with Gasteiger partial charge in [0.25, 0.3) is 0 Å². The summed E-state index contributed by atoms with van der Waals surface area (Å²) in [6.45, 7) is 9.61. The molecule has 0 radical (unpaired) electrons. The van der Waals surface area contributed by atoms with E-state index in [-0.39, 0.29) is 6.42 Å². The zero-order valence-corrected chi connectivity index (χ0v) is 11.0. The van der Waals surface area contributed by atoms with E-state index in [1.807, 2.05) is 27.7 Å². The van der Waals surface area contributed by atoms with Crippen LogP contribution in [0.25, 0.3) is 0 Å². The zero-order chi connectivity index (χ0) is 14.0. The van der Waals surface area contributed by atoms with Gasteiger partial charge in [-0.1, -0.05) is 39.3 Å². The number of hydrogen-bond acceptors (Lipinski definition) is 1. The molecule has 1 aliphatic rings. The van der Waals surface area contributed by atoms with E-state index in [0.29, 0.717) is 5.57 Å². The summed E-state index contributed by atoms with van der Waals surface area (Å²) in [5.41, 5.74) is -0.0190. The molecule has 1 rings (SSSR count). The molecule has 17 heavy (non-hydrogen) atoms. The lowest BCUT2D eigenvalue weighted by atomic mass is 10.2. The maximum absolute atomic E-state index is 12.9. The van der Waals surface area contributed by atoms with Gasteiger partial charge in [-0.05, 0) is 19.4 Å². The Labute approximate surface area is 101 Å². The molecule has 0 aromatic rings. The first-order valence-corrected chi connectivity index (χ1v) is 5.68. The average Bonchev–Trinajstić information content (AvgIpc) is 2.45. The van der Waals surface area contributed by atoms with E-state index in [1.165, 1.54) is 0 Å². The van der Waals surface area contributed by atoms with Crippen molar-refractivity contribution in [3.8, 4) is 0 Å². The van der Waals surface area contributed by atoms with Gasteiger partial charge >= 0.3 is 5.97 Å². The quantitative estimate of drug-likeness (QED) is 0.737. The normalized spacial score (nSPS) is 14.3. The summed E-state index contributed by atoms with van der Waals surface area (Å²) in [4.78, 5) is 10.4. The van der Waals surface area contributed by atoms with E-state index in [2.05, 4.69) is 0 Å². The van der Waals surface area contributed by atoms with Gasteiger partial charge in [-0.2, -0.15) is 0 Å². The maximum atomic E-state index is 12.9. The molecule has 0 unspecified atom stereocenters. The van der Waals surface area contributed by atoms with Crippen molar-refractivity contribution < 1.29 is 18.7 Å². The standard InChI is InChI=1S/C9H8F2O2.2C2H6/c1-5-2-3-6(9(12)13)8(11)7(10)4-5;2*1-2/h3-4H,2H2,1H3,(H,12,13);2*1-2H3. The minimum Gasteiger partial charge on any atom is -0.478 e. The van der Waals surface area contributed by atoms with Crippen molar-refractivity contribution >= 4 is 5.97 Å². The highest BCUT2D eigenvalue weighted by atomic mass is 19.2. The number of carbonyl (C=O) groups is 1. The van der Waals surface area contributed by atoms with Crippen LogP contribution >= 0.6 is 0 Å². The molecule has 98 valence electrons. The van der Waals surface area contributed by atoms with Gasteiger partial charge in [0.15, 0.2) is 11.7 Å². The third kappa shape index (κ3) is 6.00. The van der Waals surface area contributed by atoms with Gasteiger partial charge in [0.05, 0.1) is 5.57 Å². The Morgan fingerprint density at radius 2 is 1.71 bits per heavy atom. The second-order valence-corrected chi connectivity index (χ2v) is 2.78. The molecule has 0 bridgehead atoms. The Morgan fingerprint density at radius 3 is 2.12 bits per heavy atom. The lowest BCUT2D eigenvalue weighted by Crippen LogP contribution is -2.01. The fourth-order valence-electron chi connectivity index (χ4n) is 1.00.